The first-order valence-corrected chi connectivity index (χ1v) is 9.49. The number of rotatable bonds is 2. The van der Waals surface area contributed by atoms with Gasteiger partial charge in [0.1, 0.15) is 0 Å². The Morgan fingerprint density at radius 1 is 1.11 bits per heavy atom. The molecule has 138 valence electrons. The average Bonchev–Trinajstić information content (AvgIpc) is 2.68. The van der Waals surface area contributed by atoms with Crippen LogP contribution in [0.5, 0.6) is 0 Å². The van der Waals surface area contributed by atoms with Gasteiger partial charge in [-0.25, -0.2) is 0 Å². The van der Waals surface area contributed by atoms with Crippen LogP contribution in [0, 0.1) is 20.8 Å². The van der Waals surface area contributed by atoms with Crippen LogP contribution in [0.1, 0.15) is 38.8 Å². The van der Waals surface area contributed by atoms with Crippen LogP contribution in [0.15, 0.2) is 48.5 Å². The van der Waals surface area contributed by atoms with Gasteiger partial charge in [-0.2, -0.15) is 0 Å². The lowest BCUT2D eigenvalue weighted by molar-refractivity contribution is 0.0705. The van der Waals surface area contributed by atoms with E-state index in [2.05, 4.69) is 48.4 Å². The summed E-state index contributed by atoms with van der Waals surface area (Å²) < 4.78 is 0. The lowest BCUT2D eigenvalue weighted by Crippen LogP contribution is -2.48. The van der Waals surface area contributed by atoms with Crippen molar-refractivity contribution in [2.24, 2.45) is 0 Å². The minimum Gasteiger partial charge on any atom is -0.335 e. The molecule has 1 saturated heterocycles. The predicted molar refractivity (Wildman–Crippen MR) is 109 cm³/mol. The fourth-order valence-electron chi connectivity index (χ4n) is 4.00. The third-order valence-electron chi connectivity index (χ3n) is 5.27. The lowest BCUT2D eigenvalue weighted by atomic mass is 9.99. The van der Waals surface area contributed by atoms with Gasteiger partial charge in [0.05, 0.1) is 11.1 Å². The molecule has 3 aromatic rings. The Labute approximate surface area is 160 Å². The molecule has 27 heavy (non-hydrogen) atoms. The van der Waals surface area contributed by atoms with Crippen molar-refractivity contribution in [1.82, 2.24) is 15.2 Å². The molecule has 0 radical (unpaired) electrons. The van der Waals surface area contributed by atoms with Crippen molar-refractivity contribution < 1.29 is 4.79 Å². The number of aryl methyl sites for hydroxylation is 3. The summed E-state index contributed by atoms with van der Waals surface area (Å²) >= 11 is 0. The van der Waals surface area contributed by atoms with Gasteiger partial charge in [0.25, 0.3) is 5.91 Å². The average molecular weight is 359 g/mol. The Hall–Kier alpha value is -2.72. The van der Waals surface area contributed by atoms with Gasteiger partial charge in [0.15, 0.2) is 0 Å². The molecular weight excluding hydrogens is 334 g/mol. The minimum atomic E-state index is 0.0953. The van der Waals surface area contributed by atoms with Crippen molar-refractivity contribution in [3.63, 3.8) is 0 Å². The molecule has 1 N–H and O–H groups in total. The molecule has 4 nitrogen and oxygen atoms in total. The largest absolute Gasteiger partial charge is 0.335 e. The number of carbonyl (C=O) groups is 1. The van der Waals surface area contributed by atoms with Crippen molar-refractivity contribution >= 4 is 16.8 Å². The number of fused-ring (bicyclic) bond motifs is 1. The molecule has 4 heteroatoms. The van der Waals surface area contributed by atoms with Crippen molar-refractivity contribution in [3.8, 4) is 0 Å². The molecule has 4 rings (SSSR count). The zero-order valence-corrected chi connectivity index (χ0v) is 16.1. The molecule has 1 aliphatic heterocycles. The maximum atomic E-state index is 13.4. The molecule has 1 amide bonds. The predicted octanol–water partition coefficient (Wildman–Crippen LogP) is 3.95. The van der Waals surface area contributed by atoms with Gasteiger partial charge >= 0.3 is 0 Å². The Balaban J connectivity index is 1.70. The van der Waals surface area contributed by atoms with E-state index >= 15 is 0 Å². The van der Waals surface area contributed by atoms with Gasteiger partial charge in [0.2, 0.25) is 0 Å². The first-order chi connectivity index (χ1) is 13.0. The van der Waals surface area contributed by atoms with Gasteiger partial charge in [-0.3, -0.25) is 9.78 Å². The first kappa shape index (κ1) is 17.7. The van der Waals surface area contributed by atoms with Crippen molar-refractivity contribution in [1.29, 1.82) is 0 Å². The Kier molecular flexibility index (Phi) is 4.66. The van der Waals surface area contributed by atoms with Gasteiger partial charge in [-0.15, -0.1) is 0 Å². The monoisotopic (exact) mass is 359 g/mol. The molecule has 0 unspecified atom stereocenters. The number of hydrogen-bond acceptors (Lipinski definition) is 3. The van der Waals surface area contributed by atoms with Crippen molar-refractivity contribution in [2.45, 2.75) is 26.8 Å². The fourth-order valence-corrected chi connectivity index (χ4v) is 4.00. The smallest absolute Gasteiger partial charge is 0.254 e. The number of pyridine rings is 1. The summed E-state index contributed by atoms with van der Waals surface area (Å²) in [5, 5.41) is 4.49. The van der Waals surface area contributed by atoms with Crippen molar-refractivity contribution in [3.05, 3.63) is 76.5 Å². The second-order valence-electron chi connectivity index (χ2n) is 7.46. The second kappa shape index (κ2) is 7.12. The van der Waals surface area contributed by atoms with E-state index in [1.165, 1.54) is 5.56 Å². The summed E-state index contributed by atoms with van der Waals surface area (Å²) in [6.07, 6.45) is 0. The molecule has 1 fully saturated rings. The van der Waals surface area contributed by atoms with Crippen LogP contribution in [0.4, 0.5) is 0 Å². The highest BCUT2D eigenvalue weighted by Gasteiger charge is 2.26. The number of nitrogens with zero attached hydrogens (tertiary/aromatic N) is 2. The second-order valence-corrected chi connectivity index (χ2v) is 7.46. The standard InChI is InChI=1S/C23H25N3O/c1-15-11-16(2)22-19(12-15)20(13-17(3)25-22)23(27)26-10-9-24-21(14-26)18-7-5-4-6-8-18/h4-8,11-13,21,24H,9-10,14H2,1-3H3/t21-/m1/s1. The van der Waals surface area contributed by atoms with E-state index in [0.29, 0.717) is 6.54 Å². The number of amides is 1. The summed E-state index contributed by atoms with van der Waals surface area (Å²) in [5.74, 6) is 0.0953. The van der Waals surface area contributed by atoms with Crippen LogP contribution in [-0.4, -0.2) is 35.4 Å². The Morgan fingerprint density at radius 3 is 2.67 bits per heavy atom. The first-order valence-electron chi connectivity index (χ1n) is 9.49. The Morgan fingerprint density at radius 2 is 1.89 bits per heavy atom. The zero-order chi connectivity index (χ0) is 19.0. The highest BCUT2D eigenvalue weighted by Crippen LogP contribution is 2.26. The van der Waals surface area contributed by atoms with Crippen LogP contribution in [0.2, 0.25) is 0 Å². The van der Waals surface area contributed by atoms with E-state index in [4.69, 9.17) is 0 Å². The molecule has 0 bridgehead atoms. The fraction of sp³-hybridized carbons (Fsp3) is 0.304. The molecule has 0 saturated carbocycles. The minimum absolute atomic E-state index is 0.0953. The van der Waals surface area contributed by atoms with Crippen LogP contribution < -0.4 is 5.32 Å². The third kappa shape index (κ3) is 3.45. The maximum absolute atomic E-state index is 13.4. The molecule has 0 aliphatic carbocycles. The number of nitrogens with one attached hydrogen (secondary N) is 1. The zero-order valence-electron chi connectivity index (χ0n) is 16.1. The molecule has 1 atom stereocenters. The number of aromatic nitrogens is 1. The normalized spacial score (nSPS) is 17.3. The van der Waals surface area contributed by atoms with Gasteiger partial charge in [-0.1, -0.05) is 42.0 Å². The Bertz CT molecular complexity index is 997. The lowest BCUT2D eigenvalue weighted by Gasteiger charge is -2.34. The summed E-state index contributed by atoms with van der Waals surface area (Å²) in [7, 11) is 0. The summed E-state index contributed by atoms with van der Waals surface area (Å²) in [5.41, 5.74) is 6.06. The molecule has 0 spiro atoms. The van der Waals surface area contributed by atoms with Crippen molar-refractivity contribution in [2.75, 3.05) is 19.6 Å². The topological polar surface area (TPSA) is 45.2 Å². The number of benzene rings is 2. The van der Waals surface area contributed by atoms with Crippen LogP contribution >= 0.6 is 0 Å². The number of carbonyl (C=O) groups excluding carboxylic acids is 1. The maximum Gasteiger partial charge on any atom is 0.254 e. The van der Waals surface area contributed by atoms with Gasteiger partial charge in [-0.05, 0) is 44.0 Å². The van der Waals surface area contributed by atoms with Gasteiger partial charge < -0.3 is 10.2 Å². The quantitative estimate of drug-likeness (QED) is 0.754. The van der Waals surface area contributed by atoms with Gasteiger partial charge in [0, 0.05) is 36.8 Å². The summed E-state index contributed by atoms with van der Waals surface area (Å²) in [4.78, 5) is 20.1. The molecular formula is C23H25N3O. The highest BCUT2D eigenvalue weighted by molar-refractivity contribution is 6.07. The van der Waals surface area contributed by atoms with E-state index in [0.717, 1.165) is 46.4 Å². The van der Waals surface area contributed by atoms with E-state index in [1.54, 1.807) is 0 Å². The summed E-state index contributed by atoms with van der Waals surface area (Å²) in [6.45, 7) is 8.28. The number of piperazine rings is 1. The van der Waals surface area contributed by atoms with Crippen LogP contribution in [0.3, 0.4) is 0 Å². The van der Waals surface area contributed by atoms with Crippen LogP contribution in [-0.2, 0) is 0 Å². The number of hydrogen-bond donors (Lipinski definition) is 1. The van der Waals surface area contributed by atoms with E-state index in [-0.39, 0.29) is 11.9 Å². The molecule has 1 aliphatic rings. The SMILES string of the molecule is Cc1cc(C)c2nc(C)cc(C(=O)N3CCN[C@@H](c4ccccc4)C3)c2c1. The van der Waals surface area contributed by atoms with E-state index in [9.17, 15) is 4.79 Å². The summed E-state index contributed by atoms with van der Waals surface area (Å²) in [6, 6.07) is 16.6. The third-order valence-corrected chi connectivity index (χ3v) is 5.27. The van der Waals surface area contributed by atoms with E-state index in [1.807, 2.05) is 36.1 Å². The molecule has 1 aromatic heterocycles. The highest BCUT2D eigenvalue weighted by atomic mass is 16.2. The molecule has 2 aromatic carbocycles. The van der Waals surface area contributed by atoms with Crippen LogP contribution in [0.25, 0.3) is 10.9 Å². The van der Waals surface area contributed by atoms with E-state index < -0.39 is 0 Å². The molecule has 2 heterocycles.